The summed E-state index contributed by atoms with van der Waals surface area (Å²) in [7, 11) is -3.45. The minimum atomic E-state index is -3.45. The number of sulfonamides is 1. The largest absolute Gasteiger partial charge is 0.396 e. The van der Waals surface area contributed by atoms with Crippen molar-refractivity contribution in [3.05, 3.63) is 16.5 Å². The van der Waals surface area contributed by atoms with Gasteiger partial charge in [0.25, 0.3) is 0 Å². The number of hydrogen-bond donors (Lipinski definition) is 2. The highest BCUT2D eigenvalue weighted by Crippen LogP contribution is 2.25. The van der Waals surface area contributed by atoms with Crippen molar-refractivity contribution in [2.75, 3.05) is 13.2 Å². The Kier molecular flexibility index (Phi) is 6.59. The fourth-order valence-corrected chi connectivity index (χ4v) is 4.21. The third kappa shape index (κ3) is 4.85. The van der Waals surface area contributed by atoms with E-state index < -0.39 is 10.0 Å². The van der Waals surface area contributed by atoms with Crippen LogP contribution in [0.25, 0.3) is 0 Å². The molecule has 0 aliphatic carbocycles. The van der Waals surface area contributed by atoms with Gasteiger partial charge in [0.15, 0.2) is 0 Å². The van der Waals surface area contributed by atoms with Gasteiger partial charge in [0.05, 0.1) is 4.34 Å². The van der Waals surface area contributed by atoms with Crippen LogP contribution in [0.5, 0.6) is 0 Å². The number of aliphatic hydroxyl groups excluding tert-OH is 1. The summed E-state index contributed by atoms with van der Waals surface area (Å²) >= 11 is 6.77. The lowest BCUT2D eigenvalue weighted by atomic mass is 10.0. The van der Waals surface area contributed by atoms with E-state index in [9.17, 15) is 8.42 Å². The molecule has 0 amide bonds. The van der Waals surface area contributed by atoms with Crippen molar-refractivity contribution in [2.45, 2.75) is 30.4 Å². The van der Waals surface area contributed by atoms with Gasteiger partial charge >= 0.3 is 0 Å². The normalized spacial score (nSPS) is 13.7. The van der Waals surface area contributed by atoms with Gasteiger partial charge in [-0.2, -0.15) is 0 Å². The summed E-state index contributed by atoms with van der Waals surface area (Å²) in [6.45, 7) is 2.55. The average molecular weight is 312 g/mol. The molecule has 1 aromatic rings. The average Bonchev–Trinajstić information content (AvgIpc) is 2.77. The standard InChI is InChI=1S/C11H18ClNO3S2/c1-2-9(4-3-7-14)8-13-18(15,16)11-6-5-10(12)17-11/h5-6,9,13-14H,2-4,7-8H2,1H3/t9-/m0/s1. The van der Waals surface area contributed by atoms with Crippen molar-refractivity contribution < 1.29 is 13.5 Å². The molecule has 104 valence electrons. The van der Waals surface area contributed by atoms with E-state index in [0.29, 0.717) is 17.3 Å². The van der Waals surface area contributed by atoms with E-state index in [0.717, 1.165) is 24.2 Å². The van der Waals surface area contributed by atoms with Crippen LogP contribution < -0.4 is 4.72 Å². The van der Waals surface area contributed by atoms with Crippen LogP contribution in [-0.4, -0.2) is 26.7 Å². The fourth-order valence-electron chi connectivity index (χ4n) is 1.57. The highest BCUT2D eigenvalue weighted by atomic mass is 35.5. The van der Waals surface area contributed by atoms with E-state index in [1.807, 2.05) is 6.92 Å². The van der Waals surface area contributed by atoms with Gasteiger partial charge in [-0.25, -0.2) is 13.1 Å². The molecule has 4 nitrogen and oxygen atoms in total. The van der Waals surface area contributed by atoms with Crippen LogP contribution in [0.2, 0.25) is 4.34 Å². The molecule has 0 radical (unpaired) electrons. The number of rotatable bonds is 8. The van der Waals surface area contributed by atoms with E-state index in [-0.39, 0.29) is 16.7 Å². The zero-order valence-electron chi connectivity index (χ0n) is 10.2. The maximum atomic E-state index is 11.9. The molecule has 18 heavy (non-hydrogen) atoms. The minimum absolute atomic E-state index is 0.143. The Hall–Kier alpha value is -0.140. The first-order valence-corrected chi connectivity index (χ1v) is 8.53. The summed E-state index contributed by atoms with van der Waals surface area (Å²) in [6, 6.07) is 3.08. The highest BCUT2D eigenvalue weighted by molar-refractivity contribution is 7.91. The smallest absolute Gasteiger partial charge is 0.250 e. The van der Waals surface area contributed by atoms with Gasteiger partial charge in [0, 0.05) is 13.2 Å². The number of hydrogen-bond acceptors (Lipinski definition) is 4. The Morgan fingerprint density at radius 2 is 2.22 bits per heavy atom. The highest BCUT2D eigenvalue weighted by Gasteiger charge is 2.18. The Morgan fingerprint density at radius 3 is 2.72 bits per heavy atom. The molecule has 0 aliphatic rings. The van der Waals surface area contributed by atoms with Crippen molar-refractivity contribution in [1.29, 1.82) is 0 Å². The lowest BCUT2D eigenvalue weighted by Gasteiger charge is -2.14. The second-order valence-corrected chi connectivity index (χ2v) is 7.76. The second kappa shape index (κ2) is 7.45. The van der Waals surface area contributed by atoms with Crippen LogP contribution >= 0.6 is 22.9 Å². The van der Waals surface area contributed by atoms with Crippen molar-refractivity contribution in [2.24, 2.45) is 5.92 Å². The number of halogens is 1. The number of aliphatic hydroxyl groups is 1. The van der Waals surface area contributed by atoms with Gasteiger partial charge in [-0.3, -0.25) is 0 Å². The molecule has 1 aromatic heterocycles. The molecule has 0 unspecified atom stereocenters. The van der Waals surface area contributed by atoms with Gasteiger partial charge in [-0.05, 0) is 30.9 Å². The molecule has 0 bridgehead atoms. The molecule has 0 saturated carbocycles. The molecule has 0 spiro atoms. The topological polar surface area (TPSA) is 66.4 Å². The van der Waals surface area contributed by atoms with Gasteiger partial charge in [-0.1, -0.05) is 24.9 Å². The summed E-state index contributed by atoms with van der Waals surface area (Å²) in [6.07, 6.45) is 2.40. The molecule has 1 heterocycles. The molecule has 2 N–H and O–H groups in total. The van der Waals surface area contributed by atoms with Crippen LogP contribution in [0.4, 0.5) is 0 Å². The molecule has 7 heteroatoms. The summed E-state index contributed by atoms with van der Waals surface area (Å²) in [4.78, 5) is 0. The van der Waals surface area contributed by atoms with Crippen molar-refractivity contribution in [3.63, 3.8) is 0 Å². The van der Waals surface area contributed by atoms with E-state index >= 15 is 0 Å². The van der Waals surface area contributed by atoms with E-state index in [1.54, 1.807) is 6.07 Å². The third-order valence-electron chi connectivity index (χ3n) is 2.72. The van der Waals surface area contributed by atoms with Crippen molar-refractivity contribution in [3.8, 4) is 0 Å². The fraction of sp³-hybridized carbons (Fsp3) is 0.636. The van der Waals surface area contributed by atoms with Crippen LogP contribution in [0.3, 0.4) is 0 Å². The quantitative estimate of drug-likeness (QED) is 0.775. The summed E-state index contributed by atoms with van der Waals surface area (Å²) in [5.74, 6) is 0.252. The van der Waals surface area contributed by atoms with Crippen molar-refractivity contribution in [1.82, 2.24) is 4.72 Å². The summed E-state index contributed by atoms with van der Waals surface area (Å²) < 4.78 is 27.2. The zero-order valence-corrected chi connectivity index (χ0v) is 12.6. The second-order valence-electron chi connectivity index (χ2n) is 4.05. The van der Waals surface area contributed by atoms with Gasteiger partial charge < -0.3 is 5.11 Å². The first-order valence-electron chi connectivity index (χ1n) is 5.85. The molecule has 0 aliphatic heterocycles. The Labute approximate surface area is 117 Å². The zero-order chi connectivity index (χ0) is 13.6. The van der Waals surface area contributed by atoms with E-state index in [2.05, 4.69) is 4.72 Å². The van der Waals surface area contributed by atoms with Crippen LogP contribution in [0.1, 0.15) is 26.2 Å². The molecular formula is C11H18ClNO3S2. The Bertz CT molecular complexity index is 459. The minimum Gasteiger partial charge on any atom is -0.396 e. The molecule has 0 saturated heterocycles. The van der Waals surface area contributed by atoms with Crippen LogP contribution in [0.15, 0.2) is 16.3 Å². The first-order chi connectivity index (χ1) is 8.49. The van der Waals surface area contributed by atoms with Gasteiger partial charge in [0.1, 0.15) is 4.21 Å². The predicted molar refractivity (Wildman–Crippen MR) is 74.6 cm³/mol. The molecule has 0 aromatic carbocycles. The van der Waals surface area contributed by atoms with Gasteiger partial charge in [-0.15, -0.1) is 11.3 Å². The lowest BCUT2D eigenvalue weighted by molar-refractivity contribution is 0.270. The lowest BCUT2D eigenvalue weighted by Crippen LogP contribution is -2.28. The molecule has 0 fully saturated rings. The summed E-state index contributed by atoms with van der Waals surface area (Å²) in [5.41, 5.74) is 0. The SMILES string of the molecule is CC[C@@H](CCCO)CNS(=O)(=O)c1ccc(Cl)s1. The molecule has 1 atom stereocenters. The Morgan fingerprint density at radius 1 is 1.50 bits per heavy atom. The third-order valence-corrected chi connectivity index (χ3v) is 5.87. The van der Waals surface area contributed by atoms with E-state index in [4.69, 9.17) is 16.7 Å². The Balaban J connectivity index is 2.55. The maximum Gasteiger partial charge on any atom is 0.250 e. The first kappa shape index (κ1) is 15.9. The van der Waals surface area contributed by atoms with Crippen molar-refractivity contribution >= 4 is 33.0 Å². The van der Waals surface area contributed by atoms with E-state index in [1.165, 1.54) is 6.07 Å². The predicted octanol–water partition coefficient (Wildman–Crippen LogP) is 2.48. The number of thiophene rings is 1. The monoisotopic (exact) mass is 311 g/mol. The number of nitrogens with one attached hydrogen (secondary N) is 1. The van der Waals surface area contributed by atoms with Crippen LogP contribution in [-0.2, 0) is 10.0 Å². The summed E-state index contributed by atoms with van der Waals surface area (Å²) in [5, 5.41) is 8.77. The van der Waals surface area contributed by atoms with Crippen LogP contribution in [0, 0.1) is 5.92 Å². The molecular weight excluding hydrogens is 294 g/mol. The molecule has 1 rings (SSSR count). The maximum absolute atomic E-state index is 11.9. The van der Waals surface area contributed by atoms with Gasteiger partial charge in [0.2, 0.25) is 10.0 Å².